The first-order valence-electron chi connectivity index (χ1n) is 18.1. The van der Waals surface area contributed by atoms with Crippen LogP contribution < -0.4 is 4.18 Å². The van der Waals surface area contributed by atoms with Gasteiger partial charge in [0.1, 0.15) is 11.4 Å². The number of nitrogens with zero attached hydrogens (tertiary/aromatic N) is 3. The highest BCUT2D eigenvalue weighted by Crippen LogP contribution is 2.76. The third kappa shape index (κ3) is 4.86. The van der Waals surface area contributed by atoms with E-state index in [-0.39, 0.29) is 44.8 Å². The van der Waals surface area contributed by atoms with Crippen LogP contribution in [-0.4, -0.2) is 40.7 Å². The van der Waals surface area contributed by atoms with Gasteiger partial charge in [-0.25, -0.2) is 4.68 Å². The van der Waals surface area contributed by atoms with Crippen molar-refractivity contribution in [1.29, 1.82) is 0 Å². The van der Waals surface area contributed by atoms with E-state index >= 15 is 0 Å². The predicted molar refractivity (Wildman–Crippen MR) is 187 cm³/mol. The first-order chi connectivity index (χ1) is 22.3. The molecule has 0 aliphatic heterocycles. The van der Waals surface area contributed by atoms with Gasteiger partial charge in [0.15, 0.2) is 0 Å². The lowest BCUT2D eigenvalue weighted by Crippen LogP contribution is -2.64. The fraction of sp³-hybridized carbons (Fsp3) is 0.718. The molecule has 4 fully saturated rings. The summed E-state index contributed by atoms with van der Waals surface area (Å²) < 4.78 is 30.1. The topological polar surface area (TPSA) is 111 Å². The van der Waals surface area contributed by atoms with Gasteiger partial charge in [0.25, 0.3) is 0 Å². The minimum Gasteiger partial charge on any atom is -0.481 e. The summed E-state index contributed by atoms with van der Waals surface area (Å²) in [4.78, 5) is 13.0. The molecule has 0 spiro atoms. The maximum Gasteiger partial charge on any atom is 0.310 e. The number of rotatable bonds is 5. The zero-order valence-electron chi connectivity index (χ0n) is 30.2. The van der Waals surface area contributed by atoms with Crippen molar-refractivity contribution in [2.45, 2.75) is 119 Å². The van der Waals surface area contributed by atoms with Crippen molar-refractivity contribution in [2.75, 3.05) is 6.26 Å². The molecule has 8 nitrogen and oxygen atoms in total. The molecule has 1 aromatic heterocycles. The van der Waals surface area contributed by atoms with E-state index in [9.17, 15) is 18.3 Å². The van der Waals surface area contributed by atoms with Gasteiger partial charge in [0, 0.05) is 5.56 Å². The maximum atomic E-state index is 13.0. The highest BCUT2D eigenvalue weighted by atomic mass is 32.2. The SMILES string of the molecule is CC1(C)CC[C@]2(C(=O)O)CC[C@]3(C)C(=CCC4[C@@]5(C)CCC(n6cc(-c7ccc(OS(C)(=O)=O)cc7)nn6)C(C)(C)C5CC[C@]43C)C2C1. The molecule has 0 radical (unpaired) electrons. The lowest BCUT2D eigenvalue weighted by Gasteiger charge is -2.71. The van der Waals surface area contributed by atoms with E-state index in [0.29, 0.717) is 11.8 Å². The molecular formula is C39H55N3O5S. The summed E-state index contributed by atoms with van der Waals surface area (Å²) in [6.45, 7) is 17.3. The molecule has 5 aliphatic carbocycles. The Morgan fingerprint density at radius 1 is 0.917 bits per heavy atom. The molecule has 7 rings (SSSR count). The summed E-state index contributed by atoms with van der Waals surface area (Å²) in [5.41, 5.74) is 3.00. The third-order valence-corrected chi connectivity index (χ3v) is 15.8. The lowest BCUT2D eigenvalue weighted by molar-refractivity contribution is -0.195. The van der Waals surface area contributed by atoms with Gasteiger partial charge in [-0.2, -0.15) is 8.42 Å². The Morgan fingerprint density at radius 3 is 2.27 bits per heavy atom. The molecule has 8 atom stereocenters. The smallest absolute Gasteiger partial charge is 0.310 e. The molecule has 5 aliphatic rings. The van der Waals surface area contributed by atoms with E-state index in [1.807, 2.05) is 18.3 Å². The highest BCUT2D eigenvalue weighted by Gasteiger charge is 2.69. The van der Waals surface area contributed by atoms with E-state index in [2.05, 4.69) is 69.5 Å². The molecule has 1 aromatic carbocycles. The summed E-state index contributed by atoms with van der Waals surface area (Å²) in [6, 6.07) is 7.17. The van der Waals surface area contributed by atoms with Crippen molar-refractivity contribution in [3.8, 4) is 17.0 Å². The molecule has 0 amide bonds. The fourth-order valence-corrected chi connectivity index (χ4v) is 13.0. The number of benzene rings is 1. The Balaban J connectivity index is 1.17. The van der Waals surface area contributed by atoms with E-state index in [4.69, 9.17) is 4.18 Å². The second-order valence-electron chi connectivity index (χ2n) is 18.4. The first kappa shape index (κ1) is 33.8. The Kier molecular flexibility index (Phi) is 7.51. The normalized spacial score (nSPS) is 40.0. The Hall–Kier alpha value is -2.68. The van der Waals surface area contributed by atoms with E-state index in [1.165, 1.54) is 18.4 Å². The average molecular weight is 678 g/mol. The number of carbonyl (C=O) groups is 1. The molecule has 1 N–H and O–H groups in total. The summed E-state index contributed by atoms with van der Waals surface area (Å²) in [6.07, 6.45) is 15.8. The minimum absolute atomic E-state index is 0.00417. The van der Waals surface area contributed by atoms with Gasteiger partial charge < -0.3 is 9.29 Å². The summed E-state index contributed by atoms with van der Waals surface area (Å²) in [7, 11) is -3.59. The van der Waals surface area contributed by atoms with Gasteiger partial charge >= 0.3 is 16.1 Å². The molecule has 1 heterocycles. The van der Waals surface area contributed by atoms with E-state index < -0.39 is 21.5 Å². The minimum atomic E-state index is -3.59. The molecule has 4 saturated carbocycles. The molecule has 0 saturated heterocycles. The van der Waals surface area contributed by atoms with Gasteiger partial charge in [-0.15, -0.1) is 5.10 Å². The van der Waals surface area contributed by atoms with Crippen molar-refractivity contribution < 1.29 is 22.5 Å². The van der Waals surface area contributed by atoms with Crippen LogP contribution in [0.3, 0.4) is 0 Å². The number of aromatic nitrogens is 3. The van der Waals surface area contributed by atoms with Crippen LogP contribution in [0.5, 0.6) is 5.75 Å². The van der Waals surface area contributed by atoms with Crippen LogP contribution in [0.1, 0.15) is 119 Å². The number of hydrogen-bond acceptors (Lipinski definition) is 6. The van der Waals surface area contributed by atoms with Crippen LogP contribution in [0.4, 0.5) is 0 Å². The quantitative estimate of drug-likeness (QED) is 0.249. The Bertz CT molecular complexity index is 1760. The molecular weight excluding hydrogens is 623 g/mol. The van der Waals surface area contributed by atoms with Gasteiger partial charge in [-0.3, -0.25) is 4.79 Å². The standard InChI is InChI=1S/C39H55N3O5S/c1-34(2)19-21-39(33(43)44)22-20-37(6)27(28(39)23-34)13-14-31-36(5)17-16-32(35(3,4)30(36)15-18-38(31,37)7)42-24-29(40-41-42)25-9-11-26(12-10-25)47-48(8,45)46/h9-13,24,28,30-32H,14-23H2,1-8H3,(H,43,44)/t28?,30?,31?,32?,36-,37+,38+,39-/m0/s1. The number of fused-ring (bicyclic) bond motifs is 7. The Labute approximate surface area is 287 Å². The summed E-state index contributed by atoms with van der Waals surface area (Å²) in [5, 5.41) is 19.9. The molecule has 0 bridgehead atoms. The molecule has 9 heteroatoms. The van der Waals surface area contributed by atoms with Crippen molar-refractivity contribution in [2.24, 2.45) is 50.2 Å². The van der Waals surface area contributed by atoms with E-state index in [0.717, 1.165) is 68.9 Å². The summed E-state index contributed by atoms with van der Waals surface area (Å²) in [5.74, 6) is 0.920. The van der Waals surface area contributed by atoms with Gasteiger partial charge in [-0.05, 0) is 133 Å². The van der Waals surface area contributed by atoms with Crippen LogP contribution in [0, 0.1) is 50.2 Å². The van der Waals surface area contributed by atoms with Crippen molar-refractivity contribution in [3.63, 3.8) is 0 Å². The molecule has 4 unspecified atom stereocenters. The second-order valence-corrected chi connectivity index (χ2v) is 20.0. The van der Waals surface area contributed by atoms with Gasteiger partial charge in [0.05, 0.1) is 23.9 Å². The van der Waals surface area contributed by atoms with Crippen LogP contribution in [0.2, 0.25) is 0 Å². The number of hydrogen-bond donors (Lipinski definition) is 1. The predicted octanol–water partition coefficient (Wildman–Crippen LogP) is 8.71. The van der Waals surface area contributed by atoms with Crippen molar-refractivity contribution in [3.05, 3.63) is 42.1 Å². The van der Waals surface area contributed by atoms with Crippen LogP contribution in [-0.2, 0) is 14.9 Å². The number of aliphatic carboxylic acids is 1. The Morgan fingerprint density at radius 2 is 1.60 bits per heavy atom. The average Bonchev–Trinajstić information content (AvgIpc) is 3.46. The van der Waals surface area contributed by atoms with E-state index in [1.54, 1.807) is 12.1 Å². The largest absolute Gasteiger partial charge is 0.481 e. The van der Waals surface area contributed by atoms with Crippen LogP contribution in [0.25, 0.3) is 11.3 Å². The molecule has 262 valence electrons. The number of allylic oxidation sites excluding steroid dienone is 2. The zero-order valence-corrected chi connectivity index (χ0v) is 31.0. The first-order valence-corrected chi connectivity index (χ1v) is 19.9. The van der Waals surface area contributed by atoms with Crippen LogP contribution >= 0.6 is 0 Å². The van der Waals surface area contributed by atoms with Gasteiger partial charge in [0.2, 0.25) is 0 Å². The number of carboxylic acids is 1. The highest BCUT2D eigenvalue weighted by molar-refractivity contribution is 7.86. The van der Waals surface area contributed by atoms with Crippen molar-refractivity contribution in [1.82, 2.24) is 15.0 Å². The number of carboxylic acid groups (broad SMARTS) is 1. The maximum absolute atomic E-state index is 13.0. The van der Waals surface area contributed by atoms with Crippen molar-refractivity contribution >= 4 is 16.1 Å². The monoisotopic (exact) mass is 677 g/mol. The zero-order chi connectivity index (χ0) is 34.7. The van der Waals surface area contributed by atoms with Gasteiger partial charge in [-0.1, -0.05) is 65.3 Å². The molecule has 2 aromatic rings. The van der Waals surface area contributed by atoms with Crippen LogP contribution in [0.15, 0.2) is 42.1 Å². The summed E-state index contributed by atoms with van der Waals surface area (Å²) >= 11 is 0. The fourth-order valence-electron chi connectivity index (χ4n) is 12.5. The lowest BCUT2D eigenvalue weighted by atomic mass is 9.33. The molecule has 48 heavy (non-hydrogen) atoms. The second kappa shape index (κ2) is 10.7. The third-order valence-electron chi connectivity index (χ3n) is 15.3.